The molecule has 0 spiro atoms. The van der Waals surface area contributed by atoms with E-state index < -0.39 is 15.3 Å². The van der Waals surface area contributed by atoms with Crippen molar-refractivity contribution in [3.8, 4) is 22.8 Å². The maximum absolute atomic E-state index is 12.4. The van der Waals surface area contributed by atoms with Gasteiger partial charge in [0.25, 0.3) is 0 Å². The van der Waals surface area contributed by atoms with Gasteiger partial charge >= 0.3 is 0 Å². The van der Waals surface area contributed by atoms with E-state index in [0.29, 0.717) is 26.1 Å². The van der Waals surface area contributed by atoms with Gasteiger partial charge in [-0.3, -0.25) is 0 Å². The van der Waals surface area contributed by atoms with E-state index in [1.165, 1.54) is 7.05 Å². The van der Waals surface area contributed by atoms with Crippen molar-refractivity contribution in [1.82, 2.24) is 15.0 Å². The van der Waals surface area contributed by atoms with Crippen LogP contribution in [-0.2, 0) is 10.0 Å². The predicted octanol–water partition coefficient (Wildman–Crippen LogP) is 2.64. The van der Waals surface area contributed by atoms with Gasteiger partial charge in [-0.2, -0.15) is 0 Å². The van der Waals surface area contributed by atoms with Crippen molar-refractivity contribution in [1.29, 1.82) is 0 Å². The molecule has 2 N–H and O–H groups in total. The summed E-state index contributed by atoms with van der Waals surface area (Å²) in [5.74, 6) is 1.53. The Morgan fingerprint density at radius 2 is 1.85 bits per heavy atom. The first kappa shape index (κ1) is 23.3. The largest absolute Gasteiger partial charge is 0.497 e. The van der Waals surface area contributed by atoms with Crippen molar-refractivity contribution < 1.29 is 17.9 Å². The number of sulfonamides is 1. The average Bonchev–Trinajstić information content (AvgIpc) is 3.35. The van der Waals surface area contributed by atoms with Crippen molar-refractivity contribution in [2.24, 2.45) is 0 Å². The molecule has 1 saturated heterocycles. The van der Waals surface area contributed by atoms with Gasteiger partial charge in [0.05, 0.1) is 23.6 Å². The van der Waals surface area contributed by atoms with Crippen LogP contribution in [0.25, 0.3) is 22.2 Å². The fourth-order valence-electron chi connectivity index (χ4n) is 4.09. The van der Waals surface area contributed by atoms with Crippen LogP contribution >= 0.6 is 0 Å². The standard InChI is InChI=1S/C24H30N4O4S/c1-25-11-13-32-18-6-4-17(5-7-18)22-15-24(21-9-8-19(31-3)14-23(21)27-22)28-12-10-20(16-28)33(29,30)26-2/h4-9,14-15,20,25-26H,10-13,16H2,1-3H3. The Bertz CT molecular complexity index is 1220. The highest BCUT2D eigenvalue weighted by molar-refractivity contribution is 7.90. The third-order valence-corrected chi connectivity index (χ3v) is 7.81. The van der Waals surface area contributed by atoms with Crippen molar-refractivity contribution in [2.45, 2.75) is 11.7 Å². The second-order valence-electron chi connectivity index (χ2n) is 7.99. The highest BCUT2D eigenvalue weighted by Gasteiger charge is 2.33. The molecule has 3 aromatic rings. The van der Waals surface area contributed by atoms with E-state index in [2.05, 4.69) is 14.9 Å². The van der Waals surface area contributed by atoms with Crippen LogP contribution in [0.5, 0.6) is 11.5 Å². The second kappa shape index (κ2) is 9.94. The Morgan fingerprint density at radius 3 is 2.55 bits per heavy atom. The zero-order valence-corrected chi connectivity index (χ0v) is 20.0. The summed E-state index contributed by atoms with van der Waals surface area (Å²) < 4.78 is 38.3. The molecule has 176 valence electrons. The summed E-state index contributed by atoms with van der Waals surface area (Å²) in [4.78, 5) is 7.02. The number of aromatic nitrogens is 1. The monoisotopic (exact) mass is 470 g/mol. The van der Waals surface area contributed by atoms with Crippen molar-refractivity contribution in [3.63, 3.8) is 0 Å². The number of hydrogen-bond acceptors (Lipinski definition) is 7. The molecule has 0 aliphatic carbocycles. The van der Waals surface area contributed by atoms with Gasteiger partial charge in [0.2, 0.25) is 10.0 Å². The van der Waals surface area contributed by atoms with Crippen molar-refractivity contribution in [2.75, 3.05) is 52.3 Å². The number of pyridine rings is 1. The molecule has 1 fully saturated rings. The zero-order chi connectivity index (χ0) is 23.4. The second-order valence-corrected chi connectivity index (χ2v) is 10.2. The molecule has 2 aromatic carbocycles. The fraction of sp³-hybridized carbons (Fsp3) is 0.375. The lowest BCUT2D eigenvalue weighted by Crippen LogP contribution is -2.34. The Balaban J connectivity index is 1.71. The Hall–Kier alpha value is -2.88. The van der Waals surface area contributed by atoms with E-state index in [-0.39, 0.29) is 0 Å². The molecule has 1 atom stereocenters. The molecule has 9 heteroatoms. The maximum Gasteiger partial charge on any atom is 0.216 e. The van der Waals surface area contributed by atoms with Crippen LogP contribution in [0.15, 0.2) is 48.5 Å². The number of rotatable bonds is 9. The number of nitrogens with zero attached hydrogens (tertiary/aromatic N) is 2. The Labute approximate surface area is 195 Å². The normalized spacial score (nSPS) is 16.3. The molecule has 0 amide bonds. The first-order valence-electron chi connectivity index (χ1n) is 11.0. The van der Waals surface area contributed by atoms with Crippen LogP contribution in [0.4, 0.5) is 5.69 Å². The molecule has 1 unspecified atom stereocenters. The number of nitrogens with one attached hydrogen (secondary N) is 2. The minimum Gasteiger partial charge on any atom is -0.497 e. The number of benzene rings is 2. The Morgan fingerprint density at radius 1 is 1.09 bits per heavy atom. The minimum absolute atomic E-state index is 0.437. The molecule has 0 radical (unpaired) electrons. The maximum atomic E-state index is 12.4. The van der Waals surface area contributed by atoms with Crippen molar-refractivity contribution >= 4 is 26.6 Å². The number of hydrogen-bond donors (Lipinski definition) is 2. The SMILES string of the molecule is CNCCOc1ccc(-c2cc(N3CCC(S(=O)(=O)NC)C3)c3ccc(OC)cc3n2)cc1. The fourth-order valence-corrected chi connectivity index (χ4v) is 5.21. The van der Waals surface area contributed by atoms with E-state index in [9.17, 15) is 8.42 Å². The number of methoxy groups -OCH3 is 1. The molecular weight excluding hydrogens is 440 g/mol. The lowest BCUT2D eigenvalue weighted by atomic mass is 10.1. The number of anilines is 1. The molecule has 1 aromatic heterocycles. The van der Waals surface area contributed by atoms with Gasteiger partial charge in [0.1, 0.15) is 18.1 Å². The van der Waals surface area contributed by atoms with Gasteiger partial charge in [-0.15, -0.1) is 0 Å². The summed E-state index contributed by atoms with van der Waals surface area (Å²) in [7, 11) is 1.66. The summed E-state index contributed by atoms with van der Waals surface area (Å²) in [6.45, 7) is 2.47. The summed E-state index contributed by atoms with van der Waals surface area (Å²) in [6.07, 6.45) is 0.580. The van der Waals surface area contributed by atoms with Gasteiger partial charge in [0, 0.05) is 42.3 Å². The van der Waals surface area contributed by atoms with Crippen LogP contribution in [0.1, 0.15) is 6.42 Å². The molecule has 0 bridgehead atoms. The number of ether oxygens (including phenoxy) is 2. The van der Waals surface area contributed by atoms with E-state index in [1.54, 1.807) is 7.11 Å². The predicted molar refractivity (Wildman–Crippen MR) is 132 cm³/mol. The average molecular weight is 471 g/mol. The van der Waals surface area contributed by atoms with Crippen LogP contribution < -0.4 is 24.4 Å². The smallest absolute Gasteiger partial charge is 0.216 e. The molecule has 1 aliphatic rings. The minimum atomic E-state index is -3.33. The first-order chi connectivity index (χ1) is 15.9. The molecule has 4 rings (SSSR count). The zero-order valence-electron chi connectivity index (χ0n) is 19.2. The number of likely N-dealkylation sites (N-methyl/N-ethyl adjacent to an activating group) is 1. The molecule has 33 heavy (non-hydrogen) atoms. The summed E-state index contributed by atoms with van der Waals surface area (Å²) in [5.41, 5.74) is 3.55. The van der Waals surface area contributed by atoms with Crippen LogP contribution in [-0.4, -0.2) is 66.1 Å². The first-order valence-corrected chi connectivity index (χ1v) is 12.5. The lowest BCUT2D eigenvalue weighted by Gasteiger charge is -2.22. The van der Waals surface area contributed by atoms with Gasteiger partial charge in [-0.1, -0.05) is 0 Å². The number of fused-ring (bicyclic) bond motifs is 1. The van der Waals surface area contributed by atoms with E-state index in [1.807, 2.05) is 55.6 Å². The van der Waals surface area contributed by atoms with Crippen LogP contribution in [0.2, 0.25) is 0 Å². The van der Waals surface area contributed by atoms with Gasteiger partial charge in [-0.25, -0.2) is 18.1 Å². The van der Waals surface area contributed by atoms with E-state index in [4.69, 9.17) is 14.5 Å². The molecule has 0 saturated carbocycles. The highest BCUT2D eigenvalue weighted by Crippen LogP contribution is 2.35. The van der Waals surface area contributed by atoms with Crippen LogP contribution in [0.3, 0.4) is 0 Å². The van der Waals surface area contributed by atoms with Crippen LogP contribution in [0, 0.1) is 0 Å². The summed E-state index contributed by atoms with van der Waals surface area (Å²) >= 11 is 0. The Kier molecular flexibility index (Phi) is 7.02. The third kappa shape index (κ3) is 5.05. The van der Waals surface area contributed by atoms with E-state index >= 15 is 0 Å². The van der Waals surface area contributed by atoms with E-state index in [0.717, 1.165) is 45.9 Å². The van der Waals surface area contributed by atoms with Gasteiger partial charge in [-0.05, 0) is 63.0 Å². The third-order valence-electron chi connectivity index (χ3n) is 5.98. The summed E-state index contributed by atoms with van der Waals surface area (Å²) in [5, 5.41) is 3.58. The van der Waals surface area contributed by atoms with Crippen molar-refractivity contribution in [3.05, 3.63) is 48.5 Å². The molecule has 1 aliphatic heterocycles. The molecule has 2 heterocycles. The topological polar surface area (TPSA) is 92.8 Å². The molecular formula is C24H30N4O4S. The highest BCUT2D eigenvalue weighted by atomic mass is 32.2. The lowest BCUT2D eigenvalue weighted by molar-refractivity contribution is 0.318. The van der Waals surface area contributed by atoms with Gasteiger partial charge < -0.3 is 19.7 Å². The van der Waals surface area contributed by atoms with Gasteiger partial charge in [0.15, 0.2) is 0 Å². The summed E-state index contributed by atoms with van der Waals surface area (Å²) in [6, 6.07) is 15.7. The molecule has 8 nitrogen and oxygen atoms in total. The quantitative estimate of drug-likeness (QED) is 0.465.